The molecule has 0 radical (unpaired) electrons. The summed E-state index contributed by atoms with van der Waals surface area (Å²) in [7, 11) is 0. The van der Waals surface area contributed by atoms with Crippen LogP contribution < -0.4 is 10.1 Å². The number of hydrogen-bond acceptors (Lipinski definition) is 6. The van der Waals surface area contributed by atoms with E-state index in [9.17, 15) is 10.1 Å². The first-order chi connectivity index (χ1) is 13.6. The molecule has 28 heavy (non-hydrogen) atoms. The number of nitrogens with one attached hydrogen (secondary N) is 1. The van der Waals surface area contributed by atoms with E-state index in [1.807, 2.05) is 17.6 Å². The monoisotopic (exact) mass is 374 g/mol. The highest BCUT2D eigenvalue weighted by molar-refractivity contribution is 6.06. The molecule has 1 aliphatic rings. The molecular weight excluding hydrogens is 356 g/mol. The molecule has 0 saturated heterocycles. The molecule has 140 valence electrons. The molecule has 0 aliphatic carbocycles. The molecule has 1 unspecified atom stereocenters. The van der Waals surface area contributed by atoms with Gasteiger partial charge in [0.2, 0.25) is 0 Å². The lowest BCUT2D eigenvalue weighted by Crippen LogP contribution is -2.19. The number of hydrogen-bond donors (Lipinski definition) is 1. The maximum atomic E-state index is 12.9. The lowest BCUT2D eigenvalue weighted by atomic mass is 10.1. The van der Waals surface area contributed by atoms with E-state index in [-0.39, 0.29) is 12.0 Å². The molecule has 4 rings (SSSR count). The second-order valence-electron chi connectivity index (χ2n) is 6.60. The van der Waals surface area contributed by atoms with Crippen LogP contribution in [-0.4, -0.2) is 31.8 Å². The van der Waals surface area contributed by atoms with Crippen molar-refractivity contribution in [3.63, 3.8) is 0 Å². The maximum absolute atomic E-state index is 12.9. The fourth-order valence-electron chi connectivity index (χ4n) is 3.13. The van der Waals surface area contributed by atoms with E-state index in [4.69, 9.17) is 4.74 Å². The fraction of sp³-hybridized carbons (Fsp3) is 0.250. The first kappa shape index (κ1) is 17.7. The molecule has 1 atom stereocenters. The molecule has 8 heteroatoms. The zero-order valence-electron chi connectivity index (χ0n) is 15.3. The molecule has 3 aromatic rings. The predicted octanol–water partition coefficient (Wildman–Crippen LogP) is 3.03. The number of fused-ring (bicyclic) bond motifs is 5. The van der Waals surface area contributed by atoms with Crippen molar-refractivity contribution in [3.8, 4) is 23.3 Å². The molecule has 1 N–H and O–H groups in total. The zero-order chi connectivity index (χ0) is 19.5. The van der Waals surface area contributed by atoms with Crippen LogP contribution in [0.1, 0.15) is 35.7 Å². The van der Waals surface area contributed by atoms with E-state index in [0.29, 0.717) is 34.2 Å². The fourth-order valence-corrected chi connectivity index (χ4v) is 3.13. The molecule has 0 fully saturated rings. The van der Waals surface area contributed by atoms with E-state index in [1.165, 1.54) is 6.07 Å². The van der Waals surface area contributed by atoms with Gasteiger partial charge in [0.05, 0.1) is 23.3 Å². The number of anilines is 1. The van der Waals surface area contributed by atoms with E-state index in [0.717, 1.165) is 19.4 Å². The summed E-state index contributed by atoms with van der Waals surface area (Å²) < 4.78 is 7.95. The highest BCUT2D eigenvalue weighted by atomic mass is 16.5. The first-order valence-corrected chi connectivity index (χ1v) is 9.01. The third-order valence-corrected chi connectivity index (χ3v) is 4.53. The van der Waals surface area contributed by atoms with Gasteiger partial charge in [0.1, 0.15) is 23.6 Å². The van der Waals surface area contributed by atoms with Crippen molar-refractivity contribution in [2.45, 2.75) is 32.4 Å². The average molecular weight is 374 g/mol. The largest absolute Gasteiger partial charge is 0.490 e. The van der Waals surface area contributed by atoms with Gasteiger partial charge in [-0.2, -0.15) is 5.26 Å². The third-order valence-electron chi connectivity index (χ3n) is 4.53. The Morgan fingerprint density at radius 3 is 3.07 bits per heavy atom. The normalized spacial score (nSPS) is 16.6. The number of pyridine rings is 1. The summed E-state index contributed by atoms with van der Waals surface area (Å²) in [5.74, 6) is 1.09. The van der Waals surface area contributed by atoms with Crippen LogP contribution in [0.3, 0.4) is 0 Å². The van der Waals surface area contributed by atoms with Gasteiger partial charge in [-0.1, -0.05) is 6.07 Å². The van der Waals surface area contributed by atoms with E-state index >= 15 is 0 Å². The molecule has 1 aromatic carbocycles. The Labute approximate surface area is 161 Å². The molecule has 1 amide bonds. The summed E-state index contributed by atoms with van der Waals surface area (Å²) in [6.45, 7) is 2.69. The number of carbonyl (C=O) groups is 1. The number of rotatable bonds is 0. The summed E-state index contributed by atoms with van der Waals surface area (Å²) in [6.07, 6.45) is 3.21. The quantitative estimate of drug-likeness (QED) is 0.648. The van der Waals surface area contributed by atoms with Crippen LogP contribution in [0.2, 0.25) is 0 Å². The number of benzene rings is 1. The van der Waals surface area contributed by atoms with Gasteiger partial charge in [0.25, 0.3) is 5.91 Å². The summed E-state index contributed by atoms with van der Waals surface area (Å²) in [4.78, 5) is 17.4. The standard InChI is InChI=1S/C20H18N6O2/c1-13-4-3-9-26-12-22-25-19(26)16-5-2-6-18(23-16)24-20(27)15-10-14(11-21)7-8-17(15)28-13/h2,5-8,10,12-13H,3-4,9H2,1H3,(H,23,24,27). The Hall–Kier alpha value is -3.73. The van der Waals surface area contributed by atoms with Crippen LogP contribution in [0.5, 0.6) is 5.75 Å². The van der Waals surface area contributed by atoms with Crippen molar-refractivity contribution < 1.29 is 9.53 Å². The SMILES string of the molecule is CC1CCCn2cnnc2-c2cccc(n2)NC(=O)c2cc(C#N)ccc2O1. The lowest BCUT2D eigenvalue weighted by molar-refractivity contribution is 0.101. The Bertz CT molecular complexity index is 1070. The average Bonchev–Trinajstić information content (AvgIpc) is 3.16. The second kappa shape index (κ2) is 7.48. The molecule has 2 bridgehead atoms. The number of nitrogens with zero attached hydrogens (tertiary/aromatic N) is 5. The lowest BCUT2D eigenvalue weighted by Gasteiger charge is -2.18. The van der Waals surface area contributed by atoms with Crippen LogP contribution in [0, 0.1) is 11.3 Å². The van der Waals surface area contributed by atoms with Crippen LogP contribution in [0.4, 0.5) is 5.82 Å². The van der Waals surface area contributed by atoms with E-state index in [1.54, 1.807) is 30.6 Å². The summed E-state index contributed by atoms with van der Waals surface area (Å²) >= 11 is 0. The minimum Gasteiger partial charge on any atom is -0.490 e. The molecule has 3 heterocycles. The van der Waals surface area contributed by atoms with Gasteiger partial charge < -0.3 is 14.6 Å². The van der Waals surface area contributed by atoms with Gasteiger partial charge in [-0.05, 0) is 50.1 Å². The Morgan fingerprint density at radius 1 is 1.32 bits per heavy atom. The van der Waals surface area contributed by atoms with E-state index < -0.39 is 0 Å². The van der Waals surface area contributed by atoms with Gasteiger partial charge in [-0.25, -0.2) is 4.98 Å². The van der Waals surface area contributed by atoms with Crippen molar-refractivity contribution in [1.29, 1.82) is 5.26 Å². The van der Waals surface area contributed by atoms with Gasteiger partial charge >= 0.3 is 0 Å². The first-order valence-electron chi connectivity index (χ1n) is 9.01. The smallest absolute Gasteiger partial charge is 0.260 e. The topological polar surface area (TPSA) is 106 Å². The van der Waals surface area contributed by atoms with Gasteiger partial charge in [-0.3, -0.25) is 4.79 Å². The highest BCUT2D eigenvalue weighted by Gasteiger charge is 2.18. The van der Waals surface area contributed by atoms with Crippen molar-refractivity contribution in [2.75, 3.05) is 5.32 Å². The zero-order valence-corrected chi connectivity index (χ0v) is 15.3. The van der Waals surface area contributed by atoms with Crippen LogP contribution in [0.25, 0.3) is 11.5 Å². The number of aryl methyl sites for hydroxylation is 1. The number of carbonyl (C=O) groups excluding carboxylic acids is 1. The maximum Gasteiger partial charge on any atom is 0.260 e. The van der Waals surface area contributed by atoms with Crippen LogP contribution in [-0.2, 0) is 6.54 Å². The van der Waals surface area contributed by atoms with Gasteiger partial charge in [0.15, 0.2) is 5.82 Å². The number of amides is 1. The number of ether oxygens (including phenoxy) is 1. The molecule has 0 saturated carbocycles. The number of aromatic nitrogens is 4. The highest BCUT2D eigenvalue weighted by Crippen LogP contribution is 2.25. The summed E-state index contributed by atoms with van der Waals surface area (Å²) in [6, 6.07) is 12.2. The van der Waals surface area contributed by atoms with Crippen molar-refractivity contribution in [1.82, 2.24) is 19.7 Å². The van der Waals surface area contributed by atoms with Crippen LogP contribution in [0.15, 0.2) is 42.7 Å². The number of nitriles is 1. The minimum atomic E-state index is -0.387. The summed E-state index contributed by atoms with van der Waals surface area (Å²) in [5, 5.41) is 20.1. The Balaban J connectivity index is 1.77. The Kier molecular flexibility index (Phi) is 4.72. The minimum absolute atomic E-state index is 0.0988. The molecule has 0 spiro atoms. The van der Waals surface area contributed by atoms with E-state index in [2.05, 4.69) is 26.6 Å². The third kappa shape index (κ3) is 3.55. The van der Waals surface area contributed by atoms with Gasteiger partial charge in [0, 0.05) is 6.54 Å². The summed E-state index contributed by atoms with van der Waals surface area (Å²) in [5.41, 5.74) is 1.32. The van der Waals surface area contributed by atoms with Crippen LogP contribution >= 0.6 is 0 Å². The molecule has 1 aliphatic heterocycles. The molecule has 8 nitrogen and oxygen atoms in total. The van der Waals surface area contributed by atoms with Crippen molar-refractivity contribution in [2.24, 2.45) is 0 Å². The predicted molar refractivity (Wildman–Crippen MR) is 102 cm³/mol. The van der Waals surface area contributed by atoms with Gasteiger partial charge in [-0.15, -0.1) is 10.2 Å². The second-order valence-corrected chi connectivity index (χ2v) is 6.60. The van der Waals surface area contributed by atoms with Crippen molar-refractivity contribution >= 4 is 11.7 Å². The molecular formula is C20H18N6O2. The van der Waals surface area contributed by atoms with Crippen molar-refractivity contribution in [3.05, 3.63) is 53.9 Å². The Morgan fingerprint density at radius 2 is 2.21 bits per heavy atom. The molecule has 2 aromatic heterocycles.